The van der Waals surface area contributed by atoms with Crippen molar-refractivity contribution in [2.45, 2.75) is 6.61 Å². The van der Waals surface area contributed by atoms with Gasteiger partial charge in [0.2, 0.25) is 0 Å². The van der Waals surface area contributed by atoms with E-state index in [1.54, 1.807) is 6.21 Å². The van der Waals surface area contributed by atoms with Gasteiger partial charge in [-0.05, 0) is 59.7 Å². The molecule has 3 aromatic rings. The van der Waals surface area contributed by atoms with Crippen LogP contribution in [-0.4, -0.2) is 6.21 Å². The molecule has 0 unspecified atom stereocenters. The summed E-state index contributed by atoms with van der Waals surface area (Å²) < 4.78 is 5.76. The van der Waals surface area contributed by atoms with E-state index in [4.69, 9.17) is 16.3 Å². The third kappa shape index (κ3) is 4.86. The molecule has 1 N–H and O–H groups in total. The molecule has 0 aliphatic heterocycles. The van der Waals surface area contributed by atoms with Gasteiger partial charge in [-0.2, -0.15) is 5.10 Å². The van der Waals surface area contributed by atoms with Crippen LogP contribution in [0, 0.1) is 0 Å². The van der Waals surface area contributed by atoms with Crippen molar-refractivity contribution < 1.29 is 4.74 Å². The summed E-state index contributed by atoms with van der Waals surface area (Å²) in [5.41, 5.74) is 5.98. The Labute approximate surface area is 146 Å². The number of nitrogens with one attached hydrogen (secondary N) is 1. The number of ether oxygens (including phenoxy) is 1. The first kappa shape index (κ1) is 16.1. The number of hydrazone groups is 1. The Kier molecular flexibility index (Phi) is 5.48. The lowest BCUT2D eigenvalue weighted by molar-refractivity contribution is 0.306. The van der Waals surface area contributed by atoms with Gasteiger partial charge in [-0.1, -0.05) is 41.9 Å². The normalized spacial score (nSPS) is 10.7. The van der Waals surface area contributed by atoms with Crippen LogP contribution in [0.25, 0.3) is 0 Å². The van der Waals surface area contributed by atoms with E-state index in [0.717, 1.165) is 22.6 Å². The van der Waals surface area contributed by atoms with Gasteiger partial charge in [-0.3, -0.25) is 5.43 Å². The third-order valence-electron chi connectivity index (χ3n) is 3.36. The highest BCUT2D eigenvalue weighted by atomic mass is 35.5. The summed E-state index contributed by atoms with van der Waals surface area (Å²) in [5, 5.41) is 4.93. The van der Waals surface area contributed by atoms with Gasteiger partial charge in [0.15, 0.2) is 0 Å². The van der Waals surface area contributed by atoms with E-state index < -0.39 is 0 Å². The highest BCUT2D eigenvalue weighted by Gasteiger charge is 1.97. The Bertz CT molecular complexity index is 801. The Balaban J connectivity index is 1.53. The van der Waals surface area contributed by atoms with Crippen LogP contribution in [0.5, 0.6) is 5.75 Å². The summed E-state index contributed by atoms with van der Waals surface area (Å²) in [6, 6.07) is 25.2. The van der Waals surface area contributed by atoms with E-state index in [2.05, 4.69) is 10.5 Å². The summed E-state index contributed by atoms with van der Waals surface area (Å²) in [6.45, 7) is 0.490. The van der Waals surface area contributed by atoms with E-state index in [1.807, 2.05) is 78.9 Å². The molecule has 4 heteroatoms. The second kappa shape index (κ2) is 8.18. The lowest BCUT2D eigenvalue weighted by Crippen LogP contribution is -1.95. The minimum Gasteiger partial charge on any atom is -0.489 e. The average molecular weight is 337 g/mol. The first-order valence-corrected chi connectivity index (χ1v) is 7.99. The Morgan fingerprint density at radius 3 is 2.46 bits per heavy atom. The van der Waals surface area contributed by atoms with Gasteiger partial charge in [0.05, 0.1) is 11.9 Å². The molecule has 0 aromatic heterocycles. The molecule has 0 aliphatic carbocycles. The average Bonchev–Trinajstić information content (AvgIpc) is 2.62. The number of benzene rings is 3. The summed E-state index contributed by atoms with van der Waals surface area (Å²) in [5.74, 6) is 0.808. The fraction of sp³-hybridized carbons (Fsp3) is 0.0500. The van der Waals surface area contributed by atoms with Gasteiger partial charge < -0.3 is 4.74 Å². The monoisotopic (exact) mass is 336 g/mol. The molecular weight excluding hydrogens is 320 g/mol. The van der Waals surface area contributed by atoms with Crippen molar-refractivity contribution in [2.24, 2.45) is 5.10 Å². The maximum atomic E-state index is 5.96. The predicted octanol–water partition coefficient (Wildman–Crippen LogP) is 5.37. The number of hydrogen-bond donors (Lipinski definition) is 1. The van der Waals surface area contributed by atoms with Crippen LogP contribution in [0.3, 0.4) is 0 Å². The minimum absolute atomic E-state index is 0.490. The standard InChI is InChI=1S/C20H17ClN2O/c21-18-6-4-5-17(13-18)15-24-20-11-9-16(10-12-20)14-22-23-19-7-2-1-3-8-19/h1-14,23H,15H2. The number of anilines is 1. The zero-order chi connectivity index (χ0) is 16.6. The van der Waals surface area contributed by atoms with E-state index in [9.17, 15) is 0 Å². The fourth-order valence-corrected chi connectivity index (χ4v) is 2.35. The molecular formula is C20H17ClN2O. The maximum absolute atomic E-state index is 5.96. The molecule has 0 atom stereocenters. The van der Waals surface area contributed by atoms with Gasteiger partial charge in [-0.25, -0.2) is 0 Å². The van der Waals surface area contributed by atoms with Crippen LogP contribution < -0.4 is 10.2 Å². The SMILES string of the molecule is Clc1cccc(COc2ccc(C=NNc3ccccc3)cc2)c1. The molecule has 3 rings (SSSR count). The number of hydrogen-bond acceptors (Lipinski definition) is 3. The van der Waals surface area contributed by atoms with Crippen molar-refractivity contribution in [3.05, 3.63) is 95.0 Å². The number of nitrogens with zero attached hydrogens (tertiary/aromatic N) is 1. The van der Waals surface area contributed by atoms with E-state index in [0.29, 0.717) is 11.6 Å². The predicted molar refractivity (Wildman–Crippen MR) is 99.9 cm³/mol. The highest BCUT2D eigenvalue weighted by molar-refractivity contribution is 6.30. The molecule has 24 heavy (non-hydrogen) atoms. The minimum atomic E-state index is 0.490. The molecule has 0 spiro atoms. The zero-order valence-electron chi connectivity index (χ0n) is 13.0. The Morgan fingerprint density at radius 1 is 0.917 bits per heavy atom. The summed E-state index contributed by atoms with van der Waals surface area (Å²) in [7, 11) is 0. The lowest BCUT2D eigenvalue weighted by atomic mass is 10.2. The molecule has 0 aliphatic rings. The molecule has 3 nitrogen and oxygen atoms in total. The second-order valence-electron chi connectivity index (χ2n) is 5.22. The molecule has 0 heterocycles. The van der Waals surface area contributed by atoms with Crippen molar-refractivity contribution in [2.75, 3.05) is 5.43 Å². The molecule has 0 saturated carbocycles. The molecule has 0 amide bonds. The highest BCUT2D eigenvalue weighted by Crippen LogP contribution is 2.16. The van der Waals surface area contributed by atoms with Crippen molar-refractivity contribution in [1.82, 2.24) is 0 Å². The van der Waals surface area contributed by atoms with Crippen LogP contribution >= 0.6 is 11.6 Å². The summed E-state index contributed by atoms with van der Waals surface area (Å²) in [6.07, 6.45) is 1.77. The second-order valence-corrected chi connectivity index (χ2v) is 5.66. The van der Waals surface area contributed by atoms with E-state index >= 15 is 0 Å². The summed E-state index contributed by atoms with van der Waals surface area (Å²) >= 11 is 5.96. The molecule has 120 valence electrons. The lowest BCUT2D eigenvalue weighted by Gasteiger charge is -2.06. The third-order valence-corrected chi connectivity index (χ3v) is 3.59. The van der Waals surface area contributed by atoms with Gasteiger partial charge in [0.25, 0.3) is 0 Å². The smallest absolute Gasteiger partial charge is 0.119 e. The van der Waals surface area contributed by atoms with Gasteiger partial charge in [0, 0.05) is 5.02 Å². The zero-order valence-corrected chi connectivity index (χ0v) is 13.8. The van der Waals surface area contributed by atoms with Crippen molar-refractivity contribution >= 4 is 23.5 Å². The molecule has 0 fully saturated rings. The van der Waals surface area contributed by atoms with Gasteiger partial charge >= 0.3 is 0 Å². The first-order chi connectivity index (χ1) is 11.8. The molecule has 3 aromatic carbocycles. The number of halogens is 1. The van der Waals surface area contributed by atoms with E-state index in [1.165, 1.54) is 0 Å². The summed E-state index contributed by atoms with van der Waals surface area (Å²) in [4.78, 5) is 0. The quantitative estimate of drug-likeness (QED) is 0.485. The molecule has 0 saturated heterocycles. The maximum Gasteiger partial charge on any atom is 0.119 e. The fourth-order valence-electron chi connectivity index (χ4n) is 2.14. The van der Waals surface area contributed by atoms with Crippen molar-refractivity contribution in [3.8, 4) is 5.75 Å². The van der Waals surface area contributed by atoms with Crippen LogP contribution in [0.1, 0.15) is 11.1 Å². The van der Waals surface area contributed by atoms with Crippen LogP contribution in [-0.2, 0) is 6.61 Å². The number of rotatable bonds is 6. The van der Waals surface area contributed by atoms with Crippen molar-refractivity contribution in [3.63, 3.8) is 0 Å². The van der Waals surface area contributed by atoms with Crippen molar-refractivity contribution in [1.29, 1.82) is 0 Å². The number of para-hydroxylation sites is 1. The van der Waals surface area contributed by atoms with Crippen LogP contribution in [0.15, 0.2) is 84.0 Å². The van der Waals surface area contributed by atoms with Gasteiger partial charge in [0.1, 0.15) is 12.4 Å². The Morgan fingerprint density at radius 2 is 1.71 bits per heavy atom. The molecule has 0 radical (unpaired) electrons. The largest absolute Gasteiger partial charge is 0.489 e. The first-order valence-electron chi connectivity index (χ1n) is 7.61. The Hall–Kier alpha value is -2.78. The molecule has 0 bridgehead atoms. The van der Waals surface area contributed by atoms with Crippen LogP contribution in [0.2, 0.25) is 5.02 Å². The van der Waals surface area contributed by atoms with Gasteiger partial charge in [-0.15, -0.1) is 0 Å². The topological polar surface area (TPSA) is 33.6 Å². The van der Waals surface area contributed by atoms with E-state index in [-0.39, 0.29) is 0 Å². The van der Waals surface area contributed by atoms with Crippen LogP contribution in [0.4, 0.5) is 5.69 Å².